The van der Waals surface area contributed by atoms with Gasteiger partial charge < -0.3 is 5.11 Å². The van der Waals surface area contributed by atoms with Gasteiger partial charge >= 0.3 is 0 Å². The van der Waals surface area contributed by atoms with Crippen LogP contribution in [0.1, 0.15) is 98.2 Å². The van der Waals surface area contributed by atoms with E-state index in [0.717, 1.165) is 44.9 Å². The summed E-state index contributed by atoms with van der Waals surface area (Å²) in [7, 11) is 0. The number of allylic oxidation sites excluding steroid dienone is 6. The molecule has 0 saturated heterocycles. The Hall–Kier alpha value is -2.43. The molecule has 38 heavy (non-hydrogen) atoms. The van der Waals surface area contributed by atoms with Gasteiger partial charge in [0, 0.05) is 28.6 Å². The highest BCUT2D eigenvalue weighted by Crippen LogP contribution is 2.73. The number of imidazole rings is 1. The quantitative estimate of drug-likeness (QED) is 0.420. The van der Waals surface area contributed by atoms with Gasteiger partial charge in [0.05, 0.1) is 0 Å². The van der Waals surface area contributed by atoms with Crippen molar-refractivity contribution in [1.82, 2.24) is 9.55 Å². The van der Waals surface area contributed by atoms with Crippen LogP contribution in [0.5, 0.6) is 0 Å². The number of carbonyl (C=O) groups is 2. The lowest BCUT2D eigenvalue weighted by Gasteiger charge is -2.67. The molecule has 5 aliphatic rings. The number of hydrogen-bond acceptors (Lipinski definition) is 4. The topological polar surface area (TPSA) is 72.2 Å². The Bertz CT molecular complexity index is 1320. The summed E-state index contributed by atoms with van der Waals surface area (Å²) in [4.78, 5) is 30.8. The van der Waals surface area contributed by atoms with E-state index in [9.17, 15) is 14.7 Å². The molecule has 5 aliphatic carbocycles. The van der Waals surface area contributed by atoms with Crippen LogP contribution in [0, 0.1) is 44.3 Å². The van der Waals surface area contributed by atoms with Crippen LogP contribution in [0.15, 0.2) is 53.9 Å². The molecule has 6 rings (SSSR count). The van der Waals surface area contributed by atoms with Crippen molar-refractivity contribution in [2.45, 2.75) is 93.4 Å². The summed E-state index contributed by atoms with van der Waals surface area (Å²) in [5, 5.41) is 10.8. The van der Waals surface area contributed by atoms with Gasteiger partial charge in [0.25, 0.3) is 0 Å². The Labute approximate surface area is 227 Å². The largest absolute Gasteiger partial charge is 0.505 e. The lowest BCUT2D eigenvalue weighted by molar-refractivity contribution is -0.135. The monoisotopic (exact) mass is 516 g/mol. The zero-order chi connectivity index (χ0) is 27.5. The third kappa shape index (κ3) is 3.02. The molecular formula is C33H44N2O3. The van der Waals surface area contributed by atoms with E-state index in [2.05, 4.69) is 51.8 Å². The van der Waals surface area contributed by atoms with E-state index in [1.54, 1.807) is 23.3 Å². The maximum absolute atomic E-state index is 13.6. The van der Waals surface area contributed by atoms with E-state index in [0.29, 0.717) is 5.92 Å². The molecular weight excluding hydrogens is 472 g/mol. The van der Waals surface area contributed by atoms with Gasteiger partial charge in [-0.3, -0.25) is 14.2 Å². The number of aromatic nitrogens is 2. The maximum atomic E-state index is 13.6. The van der Waals surface area contributed by atoms with Gasteiger partial charge in [-0.2, -0.15) is 0 Å². The average Bonchev–Trinajstić information content (AvgIpc) is 3.39. The van der Waals surface area contributed by atoms with Gasteiger partial charge in [0.1, 0.15) is 6.33 Å². The zero-order valence-electron chi connectivity index (χ0n) is 24.2. The first-order valence-electron chi connectivity index (χ1n) is 14.6. The van der Waals surface area contributed by atoms with Gasteiger partial charge in [0.15, 0.2) is 5.76 Å². The smallest absolute Gasteiger partial charge is 0.237 e. The predicted octanol–water partition coefficient (Wildman–Crippen LogP) is 7.48. The normalized spacial score (nSPS) is 45.4. The number of rotatable bonds is 1. The standard InChI is InChI=1S/C33H44N2O3/c1-28(2)24-10-11-33(7)25(31(24,5)19-23(36)26(28)37)9-8-21-22-18-30(4,27(38)35-17-16-34-20-35)13-12-29(22,3)14-15-32(21,33)6/h8-9,16-17,19-20,22,24,36H,10-15,18H2,1-7H3/t22-,24-,29+,30-,31-,32+,33+/m0/s1. The van der Waals surface area contributed by atoms with Crippen LogP contribution in [-0.4, -0.2) is 26.3 Å². The first-order valence-corrected chi connectivity index (χ1v) is 14.6. The maximum Gasteiger partial charge on any atom is 0.237 e. The lowest BCUT2D eigenvalue weighted by Crippen LogP contribution is -2.60. The van der Waals surface area contributed by atoms with E-state index in [4.69, 9.17) is 0 Å². The van der Waals surface area contributed by atoms with Crippen molar-refractivity contribution in [2.24, 2.45) is 44.3 Å². The molecule has 1 aromatic rings. The van der Waals surface area contributed by atoms with Crippen molar-refractivity contribution < 1.29 is 14.7 Å². The van der Waals surface area contributed by atoms with Crippen molar-refractivity contribution in [3.63, 3.8) is 0 Å². The fraction of sp³-hybridized carbons (Fsp3) is 0.667. The second-order valence-corrected chi connectivity index (χ2v) is 15.1. The third-order valence-corrected chi connectivity index (χ3v) is 12.8. The number of hydrogen-bond donors (Lipinski definition) is 1. The Kier molecular flexibility index (Phi) is 5.17. The molecule has 5 nitrogen and oxygen atoms in total. The molecule has 7 atom stereocenters. The molecule has 0 bridgehead atoms. The summed E-state index contributed by atoms with van der Waals surface area (Å²) in [6, 6.07) is 0. The van der Waals surface area contributed by atoms with E-state index in [-0.39, 0.29) is 45.0 Å². The Morgan fingerprint density at radius 3 is 2.37 bits per heavy atom. The molecule has 0 unspecified atom stereocenters. The first-order chi connectivity index (χ1) is 17.6. The molecule has 1 N–H and O–H groups in total. The minimum atomic E-state index is -0.593. The number of Topliss-reactive ketones (excluding diaryl/α,β-unsaturated/α-hetero) is 1. The number of carbonyl (C=O) groups excluding carboxylic acids is 2. The Morgan fingerprint density at radius 2 is 1.68 bits per heavy atom. The molecule has 5 heteroatoms. The van der Waals surface area contributed by atoms with Gasteiger partial charge in [-0.1, -0.05) is 71.8 Å². The molecule has 3 saturated carbocycles. The van der Waals surface area contributed by atoms with Crippen molar-refractivity contribution in [2.75, 3.05) is 0 Å². The SMILES string of the molecule is CC1(C)C(=O)C(O)=C[C@]2(C)C3=CC=C4[C@@H]5C[C@@](C)(C(=O)n6ccnc6)CC[C@]5(C)CC[C@@]4(C)[C@]3(C)CC[C@@H]12. The van der Waals surface area contributed by atoms with E-state index in [1.165, 1.54) is 11.1 Å². The van der Waals surface area contributed by atoms with Crippen LogP contribution < -0.4 is 0 Å². The number of aliphatic hydroxyl groups is 1. The summed E-state index contributed by atoms with van der Waals surface area (Å²) >= 11 is 0. The molecule has 0 aromatic carbocycles. The molecule has 0 amide bonds. The average molecular weight is 517 g/mol. The number of ketones is 1. The Balaban J connectivity index is 1.46. The highest BCUT2D eigenvalue weighted by Gasteiger charge is 2.66. The highest BCUT2D eigenvalue weighted by molar-refractivity contribution is 5.99. The van der Waals surface area contributed by atoms with E-state index in [1.807, 2.05) is 19.9 Å². The van der Waals surface area contributed by atoms with Crippen molar-refractivity contribution in [3.05, 3.63) is 53.9 Å². The van der Waals surface area contributed by atoms with Crippen molar-refractivity contribution in [1.29, 1.82) is 0 Å². The lowest BCUT2D eigenvalue weighted by atomic mass is 9.37. The Morgan fingerprint density at radius 1 is 0.974 bits per heavy atom. The number of nitrogens with zero attached hydrogens (tertiary/aromatic N) is 2. The second kappa shape index (κ2) is 7.61. The molecule has 0 spiro atoms. The van der Waals surface area contributed by atoms with Crippen LogP contribution in [0.4, 0.5) is 0 Å². The van der Waals surface area contributed by atoms with Crippen molar-refractivity contribution >= 4 is 11.7 Å². The molecule has 1 aromatic heterocycles. The summed E-state index contributed by atoms with van der Waals surface area (Å²) in [6.07, 6.45) is 18.9. The number of aliphatic hydroxyl groups excluding tert-OH is 1. The first kappa shape index (κ1) is 25.8. The molecule has 1 heterocycles. The number of fused-ring (bicyclic) bond motifs is 7. The molecule has 0 radical (unpaired) electrons. The van der Waals surface area contributed by atoms with Crippen LogP contribution in [0.2, 0.25) is 0 Å². The van der Waals surface area contributed by atoms with Crippen LogP contribution in [0.25, 0.3) is 0 Å². The van der Waals surface area contributed by atoms with Gasteiger partial charge in [-0.15, -0.1) is 0 Å². The van der Waals surface area contributed by atoms with Gasteiger partial charge in [-0.25, -0.2) is 4.98 Å². The van der Waals surface area contributed by atoms with E-state index >= 15 is 0 Å². The third-order valence-electron chi connectivity index (χ3n) is 12.8. The minimum Gasteiger partial charge on any atom is -0.505 e. The highest BCUT2D eigenvalue weighted by atomic mass is 16.3. The van der Waals surface area contributed by atoms with Crippen LogP contribution in [0.3, 0.4) is 0 Å². The summed E-state index contributed by atoms with van der Waals surface area (Å²) < 4.78 is 1.67. The molecule has 3 fully saturated rings. The summed E-state index contributed by atoms with van der Waals surface area (Å²) in [6.45, 7) is 15.8. The second-order valence-electron chi connectivity index (χ2n) is 15.1. The van der Waals surface area contributed by atoms with Crippen molar-refractivity contribution in [3.8, 4) is 0 Å². The van der Waals surface area contributed by atoms with Crippen LogP contribution in [-0.2, 0) is 4.79 Å². The predicted molar refractivity (Wildman–Crippen MR) is 148 cm³/mol. The zero-order valence-corrected chi connectivity index (χ0v) is 24.2. The minimum absolute atomic E-state index is 0.0272. The summed E-state index contributed by atoms with van der Waals surface area (Å²) in [5.41, 5.74) is 1.61. The van der Waals surface area contributed by atoms with Gasteiger partial charge in [0.2, 0.25) is 11.7 Å². The fourth-order valence-electron chi connectivity index (χ4n) is 10.0. The van der Waals surface area contributed by atoms with Gasteiger partial charge in [-0.05, 0) is 79.1 Å². The van der Waals surface area contributed by atoms with E-state index < -0.39 is 10.8 Å². The van der Waals surface area contributed by atoms with Crippen LogP contribution >= 0.6 is 0 Å². The summed E-state index contributed by atoms with van der Waals surface area (Å²) in [5.74, 6) is 0.471. The molecule has 204 valence electrons. The fourth-order valence-corrected chi connectivity index (χ4v) is 10.0. The molecule has 0 aliphatic heterocycles.